The third-order valence-electron chi connectivity index (χ3n) is 4.34. The molecule has 5 nitrogen and oxygen atoms in total. The van der Waals surface area contributed by atoms with Crippen molar-refractivity contribution in [3.63, 3.8) is 0 Å². The van der Waals surface area contributed by atoms with Gasteiger partial charge < -0.3 is 10.4 Å². The van der Waals surface area contributed by atoms with Crippen LogP contribution in [-0.4, -0.2) is 21.2 Å². The predicted molar refractivity (Wildman–Crippen MR) is 105 cm³/mol. The van der Waals surface area contributed by atoms with Crippen molar-refractivity contribution in [1.82, 2.24) is 15.3 Å². The highest BCUT2D eigenvalue weighted by atomic mass is 16.4. The van der Waals surface area contributed by atoms with Gasteiger partial charge in [0.2, 0.25) is 0 Å². The number of aromatic nitrogens is 2. The van der Waals surface area contributed by atoms with Gasteiger partial charge in [0.1, 0.15) is 0 Å². The molecular formula is C22H17N3O2. The van der Waals surface area contributed by atoms with Gasteiger partial charge in [-0.25, -0.2) is 9.78 Å². The van der Waals surface area contributed by atoms with Gasteiger partial charge >= 0.3 is 6.09 Å². The highest BCUT2D eigenvalue weighted by molar-refractivity contribution is 5.89. The van der Waals surface area contributed by atoms with Gasteiger partial charge in [0.25, 0.3) is 0 Å². The quantitative estimate of drug-likeness (QED) is 0.555. The van der Waals surface area contributed by atoms with Crippen molar-refractivity contribution in [3.05, 3.63) is 84.6 Å². The monoisotopic (exact) mass is 355 g/mol. The Morgan fingerprint density at radius 3 is 2.41 bits per heavy atom. The molecule has 4 rings (SSSR count). The molecule has 0 bridgehead atoms. The summed E-state index contributed by atoms with van der Waals surface area (Å²) in [6, 6.07) is 23.8. The van der Waals surface area contributed by atoms with Crippen LogP contribution in [0.2, 0.25) is 0 Å². The lowest BCUT2D eigenvalue weighted by Crippen LogP contribution is -2.19. The zero-order valence-electron chi connectivity index (χ0n) is 14.5. The molecule has 0 radical (unpaired) electrons. The summed E-state index contributed by atoms with van der Waals surface area (Å²) in [4.78, 5) is 19.9. The Morgan fingerprint density at radius 2 is 1.67 bits per heavy atom. The molecule has 0 aliphatic rings. The second-order valence-electron chi connectivity index (χ2n) is 6.15. The van der Waals surface area contributed by atoms with Crippen LogP contribution in [0.1, 0.15) is 5.56 Å². The second kappa shape index (κ2) is 7.25. The summed E-state index contributed by atoms with van der Waals surface area (Å²) in [5.41, 5.74) is 6.51. The van der Waals surface area contributed by atoms with Crippen LogP contribution in [0.4, 0.5) is 4.79 Å². The van der Waals surface area contributed by atoms with Crippen LogP contribution >= 0.6 is 0 Å². The number of carboxylic acid groups (broad SMARTS) is 1. The van der Waals surface area contributed by atoms with E-state index in [-0.39, 0.29) is 6.54 Å². The molecule has 2 aromatic carbocycles. The van der Waals surface area contributed by atoms with E-state index in [1.807, 2.05) is 54.6 Å². The molecule has 0 aliphatic heterocycles. The molecule has 4 aromatic rings. The molecule has 27 heavy (non-hydrogen) atoms. The summed E-state index contributed by atoms with van der Waals surface area (Å²) in [5.74, 6) is 0. The van der Waals surface area contributed by atoms with E-state index in [1.165, 1.54) is 0 Å². The van der Waals surface area contributed by atoms with Gasteiger partial charge in [-0.2, -0.15) is 0 Å². The molecule has 0 fully saturated rings. The molecule has 2 aromatic heterocycles. The summed E-state index contributed by atoms with van der Waals surface area (Å²) in [7, 11) is 0. The Kier molecular flexibility index (Phi) is 4.49. The Bertz CT molecular complexity index is 1090. The summed E-state index contributed by atoms with van der Waals surface area (Å²) >= 11 is 0. The minimum absolute atomic E-state index is 0.274. The molecule has 1 amide bonds. The predicted octanol–water partition coefficient (Wildman–Crippen LogP) is 4.73. The Balaban J connectivity index is 1.81. The largest absolute Gasteiger partial charge is 0.465 e. The van der Waals surface area contributed by atoms with Gasteiger partial charge in [0.15, 0.2) is 0 Å². The first-order valence-electron chi connectivity index (χ1n) is 8.58. The molecule has 2 N–H and O–H groups in total. The van der Waals surface area contributed by atoms with E-state index in [9.17, 15) is 4.79 Å². The minimum Gasteiger partial charge on any atom is -0.465 e. The van der Waals surface area contributed by atoms with Crippen LogP contribution in [0.25, 0.3) is 33.4 Å². The molecule has 0 saturated carbocycles. The van der Waals surface area contributed by atoms with E-state index < -0.39 is 6.09 Å². The molecule has 0 unspecified atom stereocenters. The molecule has 2 heterocycles. The number of pyridine rings is 2. The average molecular weight is 355 g/mol. The van der Waals surface area contributed by atoms with Gasteiger partial charge in [-0.1, -0.05) is 54.6 Å². The normalized spacial score (nSPS) is 10.7. The minimum atomic E-state index is -1.03. The highest BCUT2D eigenvalue weighted by Gasteiger charge is 2.12. The lowest BCUT2D eigenvalue weighted by molar-refractivity contribution is 0.194. The molecule has 0 spiro atoms. The first-order chi connectivity index (χ1) is 13.2. The van der Waals surface area contributed by atoms with Gasteiger partial charge in [-0.15, -0.1) is 0 Å². The van der Waals surface area contributed by atoms with Crippen LogP contribution in [0.15, 0.2) is 79.0 Å². The summed E-state index contributed by atoms with van der Waals surface area (Å²) in [6.07, 6.45) is 0.733. The topological polar surface area (TPSA) is 75.1 Å². The number of rotatable bonds is 4. The number of hydrogen-bond donors (Lipinski definition) is 2. The lowest BCUT2D eigenvalue weighted by atomic mass is 9.98. The van der Waals surface area contributed by atoms with E-state index >= 15 is 0 Å². The molecule has 0 atom stereocenters. The highest BCUT2D eigenvalue weighted by Crippen LogP contribution is 2.32. The van der Waals surface area contributed by atoms with E-state index in [4.69, 9.17) is 10.1 Å². The number of amides is 1. The number of hydrogen-bond acceptors (Lipinski definition) is 3. The molecule has 5 heteroatoms. The molecule has 0 aliphatic carbocycles. The van der Waals surface area contributed by atoms with Crippen LogP contribution in [0.5, 0.6) is 0 Å². The fraction of sp³-hybridized carbons (Fsp3) is 0.0455. The van der Waals surface area contributed by atoms with Gasteiger partial charge in [0, 0.05) is 23.9 Å². The zero-order valence-corrected chi connectivity index (χ0v) is 14.5. The maximum absolute atomic E-state index is 10.7. The van der Waals surface area contributed by atoms with Crippen molar-refractivity contribution in [1.29, 1.82) is 0 Å². The van der Waals surface area contributed by atoms with E-state index in [1.54, 1.807) is 6.20 Å². The Hall–Kier alpha value is -3.73. The van der Waals surface area contributed by atoms with E-state index in [2.05, 4.69) is 28.5 Å². The Morgan fingerprint density at radius 1 is 0.889 bits per heavy atom. The lowest BCUT2D eigenvalue weighted by Gasteiger charge is -2.12. The van der Waals surface area contributed by atoms with Crippen LogP contribution in [0.3, 0.4) is 0 Å². The zero-order chi connectivity index (χ0) is 18.6. The van der Waals surface area contributed by atoms with Crippen LogP contribution in [0, 0.1) is 0 Å². The van der Waals surface area contributed by atoms with Crippen molar-refractivity contribution in [2.75, 3.05) is 0 Å². The number of carbonyl (C=O) groups is 1. The van der Waals surface area contributed by atoms with Crippen LogP contribution < -0.4 is 5.32 Å². The maximum Gasteiger partial charge on any atom is 0.404 e. The van der Waals surface area contributed by atoms with Gasteiger partial charge in [0.05, 0.1) is 16.7 Å². The molecular weight excluding hydrogens is 338 g/mol. The second-order valence-corrected chi connectivity index (χ2v) is 6.15. The van der Waals surface area contributed by atoms with Crippen molar-refractivity contribution < 1.29 is 9.90 Å². The van der Waals surface area contributed by atoms with Crippen molar-refractivity contribution >= 4 is 17.1 Å². The number of fused-ring (bicyclic) bond motifs is 1. The third-order valence-corrected chi connectivity index (χ3v) is 4.34. The summed E-state index contributed by atoms with van der Waals surface area (Å²) in [6.45, 7) is 0.274. The maximum atomic E-state index is 10.7. The summed E-state index contributed by atoms with van der Waals surface area (Å²) in [5, 5.41) is 11.1. The van der Waals surface area contributed by atoms with Crippen molar-refractivity contribution in [3.8, 4) is 22.4 Å². The third kappa shape index (κ3) is 3.62. The van der Waals surface area contributed by atoms with E-state index in [0.29, 0.717) is 0 Å². The first kappa shape index (κ1) is 16.7. The van der Waals surface area contributed by atoms with Crippen molar-refractivity contribution in [2.45, 2.75) is 6.54 Å². The van der Waals surface area contributed by atoms with Crippen LogP contribution in [-0.2, 0) is 6.54 Å². The first-order valence-corrected chi connectivity index (χ1v) is 8.58. The van der Waals surface area contributed by atoms with Crippen molar-refractivity contribution in [2.24, 2.45) is 0 Å². The molecule has 132 valence electrons. The standard InChI is InChI=1S/C22H17N3O2/c26-22(27)24-14-15-8-10-17(11-9-15)21-18(16-5-2-1-3-6-16)13-20-19(25-21)7-4-12-23-20/h1-13,24H,14H2,(H,26,27). The number of nitrogens with zero attached hydrogens (tertiary/aromatic N) is 2. The molecule has 0 saturated heterocycles. The van der Waals surface area contributed by atoms with Gasteiger partial charge in [-0.05, 0) is 29.3 Å². The smallest absolute Gasteiger partial charge is 0.404 e. The fourth-order valence-electron chi connectivity index (χ4n) is 3.02. The number of nitrogens with one attached hydrogen (secondary N) is 1. The number of benzene rings is 2. The Labute approximate surface area is 156 Å². The SMILES string of the molecule is O=C(O)NCc1ccc(-c2nc3cccnc3cc2-c2ccccc2)cc1. The fourth-order valence-corrected chi connectivity index (χ4v) is 3.02. The van der Waals surface area contributed by atoms with Gasteiger partial charge in [-0.3, -0.25) is 4.98 Å². The van der Waals surface area contributed by atoms with E-state index in [0.717, 1.165) is 39.0 Å². The summed E-state index contributed by atoms with van der Waals surface area (Å²) < 4.78 is 0. The average Bonchev–Trinajstić information content (AvgIpc) is 2.72.